The molecule has 2 aromatic heterocycles. The van der Waals surface area contributed by atoms with E-state index in [0.29, 0.717) is 46.4 Å². The molecule has 0 atom stereocenters. The van der Waals surface area contributed by atoms with Gasteiger partial charge in [-0.1, -0.05) is 129 Å². The van der Waals surface area contributed by atoms with Crippen LogP contribution in [0.2, 0.25) is 0 Å². The molecule has 2 aromatic carbocycles. The molecule has 0 saturated heterocycles. The third-order valence-corrected chi connectivity index (χ3v) is 8.67. The monoisotopic (exact) mass is 600 g/mol. The molecular weight excluding hydrogens is 548 g/mol. The van der Waals surface area contributed by atoms with Crippen molar-refractivity contribution in [3.8, 4) is 11.1 Å². The Bertz CT molecular complexity index is 1440. The van der Waals surface area contributed by atoms with E-state index in [1.807, 2.05) is 24.3 Å². The lowest BCUT2D eigenvalue weighted by molar-refractivity contribution is 0.432. The maximum absolute atomic E-state index is 12.9. The summed E-state index contributed by atoms with van der Waals surface area (Å²) in [5.74, 6) is 1.01. The predicted molar refractivity (Wildman–Crippen MR) is 181 cm³/mol. The summed E-state index contributed by atoms with van der Waals surface area (Å²) in [6.07, 6.45) is 23.8. The van der Waals surface area contributed by atoms with Crippen LogP contribution in [-0.4, -0.2) is 9.97 Å². The first-order valence-corrected chi connectivity index (χ1v) is 17.5. The minimum absolute atomic E-state index is 0.370. The molecule has 0 aliphatic heterocycles. The molecule has 0 amide bonds. The van der Waals surface area contributed by atoms with Gasteiger partial charge in [-0.15, -0.1) is 0 Å². The number of aromatic nitrogens is 2. The van der Waals surface area contributed by atoms with E-state index in [4.69, 9.17) is 8.83 Å². The average Bonchev–Trinajstić information content (AvgIpc) is 3.03. The number of fused-ring (bicyclic) bond motifs is 2. The summed E-state index contributed by atoms with van der Waals surface area (Å²) in [4.78, 5) is 35.0. The molecule has 6 heteroatoms. The van der Waals surface area contributed by atoms with Gasteiger partial charge in [0.25, 0.3) is 0 Å². The number of unbranched alkanes of at least 4 members (excludes halogenated alkanes) is 16. The fourth-order valence-electron chi connectivity index (χ4n) is 5.98. The minimum atomic E-state index is -0.370. The molecule has 4 aromatic rings. The van der Waals surface area contributed by atoms with Gasteiger partial charge in [-0.3, -0.25) is 0 Å². The van der Waals surface area contributed by atoms with Gasteiger partial charge in [-0.05, 0) is 48.2 Å². The number of nitrogens with zero attached hydrogens (tertiary/aromatic N) is 2. The second kappa shape index (κ2) is 18.5. The summed E-state index contributed by atoms with van der Waals surface area (Å²) in [5.41, 5.74) is 2.17. The van der Waals surface area contributed by atoms with Crippen LogP contribution in [-0.2, 0) is 12.8 Å². The minimum Gasteiger partial charge on any atom is -0.408 e. The van der Waals surface area contributed by atoms with E-state index in [2.05, 4.69) is 23.8 Å². The first-order valence-electron chi connectivity index (χ1n) is 17.5. The Balaban J connectivity index is 1.31. The first kappa shape index (κ1) is 33.6. The van der Waals surface area contributed by atoms with Crippen molar-refractivity contribution >= 4 is 21.8 Å². The van der Waals surface area contributed by atoms with Crippen LogP contribution < -0.4 is 11.3 Å². The van der Waals surface area contributed by atoms with Crippen molar-refractivity contribution in [2.75, 3.05) is 0 Å². The molecular formula is C38H52N2O4. The van der Waals surface area contributed by atoms with Crippen LogP contribution in [0.4, 0.5) is 0 Å². The van der Waals surface area contributed by atoms with E-state index in [0.717, 1.165) is 36.8 Å². The maximum atomic E-state index is 12.9. The molecule has 0 radical (unpaired) electrons. The molecule has 0 N–H and O–H groups in total. The van der Waals surface area contributed by atoms with Crippen molar-refractivity contribution in [3.05, 3.63) is 69.0 Å². The summed E-state index contributed by atoms with van der Waals surface area (Å²) in [6.45, 7) is 4.49. The van der Waals surface area contributed by atoms with Gasteiger partial charge in [-0.25, -0.2) is 19.6 Å². The van der Waals surface area contributed by atoms with Crippen LogP contribution in [0.1, 0.15) is 141 Å². The topological polar surface area (TPSA) is 86.2 Å². The van der Waals surface area contributed by atoms with Crippen LogP contribution in [0.15, 0.2) is 54.8 Å². The van der Waals surface area contributed by atoms with Crippen LogP contribution in [0.3, 0.4) is 0 Å². The quantitative estimate of drug-likeness (QED) is 0.0884. The molecule has 0 bridgehead atoms. The summed E-state index contributed by atoms with van der Waals surface area (Å²) >= 11 is 0. The molecule has 0 unspecified atom stereocenters. The Labute approximate surface area is 262 Å². The Morgan fingerprint density at radius 1 is 0.477 bits per heavy atom. The Morgan fingerprint density at radius 3 is 1.18 bits per heavy atom. The van der Waals surface area contributed by atoms with Crippen molar-refractivity contribution < 1.29 is 8.83 Å². The zero-order chi connectivity index (χ0) is 31.0. The fourth-order valence-corrected chi connectivity index (χ4v) is 5.98. The smallest absolute Gasteiger partial charge is 0.346 e. The Hall–Kier alpha value is -3.28. The normalized spacial score (nSPS) is 11.6. The molecule has 0 saturated carbocycles. The lowest BCUT2D eigenvalue weighted by atomic mass is 10.0. The fraction of sp³-hybridized carbons (Fsp3) is 0.579. The van der Waals surface area contributed by atoms with Gasteiger partial charge in [0, 0.05) is 12.8 Å². The zero-order valence-electron chi connectivity index (χ0n) is 27.1. The van der Waals surface area contributed by atoms with Crippen LogP contribution >= 0.6 is 0 Å². The molecule has 0 aliphatic carbocycles. The van der Waals surface area contributed by atoms with E-state index in [1.54, 1.807) is 12.1 Å². The van der Waals surface area contributed by atoms with Gasteiger partial charge < -0.3 is 8.83 Å². The Morgan fingerprint density at radius 2 is 0.818 bits per heavy atom. The van der Waals surface area contributed by atoms with Crippen LogP contribution in [0.25, 0.3) is 32.9 Å². The SMILES string of the molecule is CCCCCCCCCCCc1nc2ccc(-c3ccc4nc(CCCCCCCCCCC)oc(=O)c4c3)cc2c(=O)o1. The van der Waals surface area contributed by atoms with E-state index in [-0.39, 0.29) is 11.3 Å². The van der Waals surface area contributed by atoms with E-state index in [1.165, 1.54) is 89.9 Å². The largest absolute Gasteiger partial charge is 0.408 e. The van der Waals surface area contributed by atoms with E-state index >= 15 is 0 Å². The molecule has 44 heavy (non-hydrogen) atoms. The first-order chi connectivity index (χ1) is 21.6. The Kier molecular flexibility index (Phi) is 14.1. The molecule has 238 valence electrons. The third kappa shape index (κ3) is 10.4. The zero-order valence-corrected chi connectivity index (χ0v) is 27.1. The second-order valence-electron chi connectivity index (χ2n) is 12.4. The van der Waals surface area contributed by atoms with Crippen molar-refractivity contribution in [2.45, 2.75) is 142 Å². The second-order valence-corrected chi connectivity index (χ2v) is 12.4. The van der Waals surface area contributed by atoms with Gasteiger partial charge >= 0.3 is 11.3 Å². The van der Waals surface area contributed by atoms with Crippen LogP contribution in [0.5, 0.6) is 0 Å². The number of benzene rings is 2. The number of hydrogen-bond acceptors (Lipinski definition) is 6. The van der Waals surface area contributed by atoms with Crippen LogP contribution in [0, 0.1) is 0 Å². The van der Waals surface area contributed by atoms with Gasteiger partial charge in [0.2, 0.25) is 0 Å². The van der Waals surface area contributed by atoms with E-state index < -0.39 is 0 Å². The average molecular weight is 601 g/mol. The van der Waals surface area contributed by atoms with Crippen molar-refractivity contribution in [2.24, 2.45) is 0 Å². The molecule has 0 spiro atoms. The molecule has 2 heterocycles. The number of hydrogen-bond donors (Lipinski definition) is 0. The van der Waals surface area contributed by atoms with E-state index in [9.17, 15) is 9.59 Å². The summed E-state index contributed by atoms with van der Waals surface area (Å²) in [7, 11) is 0. The molecule has 6 nitrogen and oxygen atoms in total. The maximum Gasteiger partial charge on any atom is 0.346 e. The molecule has 4 rings (SSSR count). The highest BCUT2D eigenvalue weighted by Crippen LogP contribution is 2.25. The lowest BCUT2D eigenvalue weighted by Gasteiger charge is -2.07. The standard InChI is InChI=1S/C38H52N2O4/c1-3-5-7-9-11-13-15-17-19-21-35-39-33-25-23-29(27-31(33)37(41)43-35)30-24-26-34-32(28-30)38(42)44-36(40-34)22-20-18-16-14-12-10-8-6-4-2/h23-28H,3-22H2,1-2H3. The summed E-state index contributed by atoms with van der Waals surface area (Å²) in [5, 5.41) is 0.889. The lowest BCUT2D eigenvalue weighted by Crippen LogP contribution is -2.06. The van der Waals surface area contributed by atoms with Gasteiger partial charge in [0.1, 0.15) is 0 Å². The predicted octanol–water partition coefficient (Wildman–Crippen LogP) is 10.5. The van der Waals surface area contributed by atoms with Gasteiger partial charge in [-0.2, -0.15) is 0 Å². The van der Waals surface area contributed by atoms with Crippen molar-refractivity contribution in [1.29, 1.82) is 0 Å². The highest BCUT2D eigenvalue weighted by atomic mass is 16.4. The number of rotatable bonds is 21. The summed E-state index contributed by atoms with van der Waals surface area (Å²) < 4.78 is 11.2. The molecule has 0 fully saturated rings. The number of aryl methyl sites for hydroxylation is 2. The van der Waals surface area contributed by atoms with Gasteiger partial charge in [0.05, 0.1) is 21.8 Å². The molecule has 0 aliphatic rings. The summed E-state index contributed by atoms with van der Waals surface area (Å²) in [6, 6.07) is 11.2. The van der Waals surface area contributed by atoms with Crippen molar-refractivity contribution in [1.82, 2.24) is 9.97 Å². The third-order valence-electron chi connectivity index (χ3n) is 8.67. The van der Waals surface area contributed by atoms with Gasteiger partial charge in [0.15, 0.2) is 11.8 Å². The highest BCUT2D eigenvalue weighted by molar-refractivity contribution is 5.87. The van der Waals surface area contributed by atoms with Crippen molar-refractivity contribution in [3.63, 3.8) is 0 Å². The highest BCUT2D eigenvalue weighted by Gasteiger charge is 2.12.